The fourth-order valence-corrected chi connectivity index (χ4v) is 4.68. The Labute approximate surface area is 176 Å². The SMILES string of the molecule is Cn1c(C(Cc2cccc(C#N)c2)NS(=O)(=O)c2cccc(Br)c2)n[nH]c1=S. The summed E-state index contributed by atoms with van der Waals surface area (Å²) in [5, 5.41) is 16.0. The van der Waals surface area contributed by atoms with Gasteiger partial charge < -0.3 is 4.57 Å². The monoisotopic (exact) mass is 477 g/mol. The van der Waals surface area contributed by atoms with Gasteiger partial charge >= 0.3 is 0 Å². The van der Waals surface area contributed by atoms with Crippen molar-refractivity contribution in [2.24, 2.45) is 7.05 Å². The highest BCUT2D eigenvalue weighted by Gasteiger charge is 2.25. The number of nitrogens with zero attached hydrogens (tertiary/aromatic N) is 3. The predicted octanol–water partition coefficient (Wildman–Crippen LogP) is 3.37. The quantitative estimate of drug-likeness (QED) is 0.529. The maximum atomic E-state index is 12.9. The molecule has 0 saturated heterocycles. The lowest BCUT2D eigenvalue weighted by Gasteiger charge is -2.18. The molecule has 0 aliphatic carbocycles. The molecule has 1 aromatic heterocycles. The van der Waals surface area contributed by atoms with Gasteiger partial charge in [-0.3, -0.25) is 5.10 Å². The van der Waals surface area contributed by atoms with E-state index in [4.69, 9.17) is 17.5 Å². The Bertz CT molecular complexity index is 1210. The summed E-state index contributed by atoms with van der Waals surface area (Å²) >= 11 is 8.46. The topological polar surface area (TPSA) is 104 Å². The average Bonchev–Trinajstić information content (AvgIpc) is 3.00. The van der Waals surface area contributed by atoms with Gasteiger partial charge in [0, 0.05) is 11.5 Å². The summed E-state index contributed by atoms with van der Waals surface area (Å²) in [6, 6.07) is 14.9. The molecule has 0 aliphatic heterocycles. The van der Waals surface area contributed by atoms with Gasteiger partial charge in [-0.2, -0.15) is 10.4 Å². The zero-order valence-corrected chi connectivity index (χ0v) is 18.0. The Morgan fingerprint density at radius 2 is 2.07 bits per heavy atom. The minimum atomic E-state index is -3.82. The zero-order chi connectivity index (χ0) is 20.3. The summed E-state index contributed by atoms with van der Waals surface area (Å²) < 4.78 is 31.3. The molecule has 1 unspecified atom stereocenters. The molecule has 28 heavy (non-hydrogen) atoms. The van der Waals surface area contributed by atoms with Gasteiger partial charge in [-0.15, -0.1) is 0 Å². The van der Waals surface area contributed by atoms with E-state index in [1.807, 2.05) is 6.07 Å². The van der Waals surface area contributed by atoms with Crippen molar-refractivity contribution in [2.75, 3.05) is 0 Å². The third kappa shape index (κ3) is 4.56. The second-order valence-corrected chi connectivity index (χ2v) is 9.11. The Morgan fingerprint density at radius 1 is 1.32 bits per heavy atom. The van der Waals surface area contributed by atoms with E-state index in [2.05, 4.69) is 36.9 Å². The molecule has 7 nitrogen and oxygen atoms in total. The van der Waals surface area contributed by atoms with Crippen LogP contribution in [0.3, 0.4) is 0 Å². The first-order valence-corrected chi connectivity index (χ1v) is 10.9. The van der Waals surface area contributed by atoms with Crippen molar-refractivity contribution < 1.29 is 8.42 Å². The fourth-order valence-electron chi connectivity index (χ4n) is 2.75. The molecule has 1 heterocycles. The van der Waals surface area contributed by atoms with E-state index in [1.54, 1.807) is 41.9 Å². The largest absolute Gasteiger partial charge is 0.306 e. The molecule has 2 N–H and O–H groups in total. The molecule has 0 saturated carbocycles. The third-order valence-corrected chi connectivity index (χ3v) is 6.45. The number of H-pyrrole nitrogens is 1. The molecule has 3 aromatic rings. The number of aromatic nitrogens is 3. The standard InChI is InChI=1S/C18H16BrN5O2S2/c1-24-17(21-22-18(24)27)16(9-12-4-2-5-13(8-12)11-20)23-28(25,26)15-7-3-6-14(19)10-15/h2-8,10,16,23H,9H2,1H3,(H,22,27). The lowest BCUT2D eigenvalue weighted by atomic mass is 10.0. The Hall–Kier alpha value is -2.32. The molecule has 3 rings (SSSR count). The number of halogens is 1. The summed E-state index contributed by atoms with van der Waals surface area (Å²) in [4.78, 5) is 0.134. The van der Waals surface area contributed by atoms with E-state index in [0.717, 1.165) is 5.56 Å². The van der Waals surface area contributed by atoms with Gasteiger partial charge in [0.25, 0.3) is 0 Å². The lowest BCUT2D eigenvalue weighted by Crippen LogP contribution is -2.32. The number of benzene rings is 2. The number of nitrogens with one attached hydrogen (secondary N) is 2. The van der Waals surface area contributed by atoms with E-state index in [0.29, 0.717) is 27.1 Å². The predicted molar refractivity (Wildman–Crippen MR) is 110 cm³/mol. The van der Waals surface area contributed by atoms with E-state index < -0.39 is 16.1 Å². The fraction of sp³-hybridized carbons (Fsp3) is 0.167. The molecule has 144 valence electrons. The summed E-state index contributed by atoms with van der Waals surface area (Å²) in [7, 11) is -2.10. The lowest BCUT2D eigenvalue weighted by molar-refractivity contribution is 0.533. The Balaban J connectivity index is 2.00. The number of hydrogen-bond donors (Lipinski definition) is 2. The molecule has 0 fully saturated rings. The average molecular weight is 478 g/mol. The van der Waals surface area contributed by atoms with Crippen LogP contribution in [0.5, 0.6) is 0 Å². The van der Waals surface area contributed by atoms with Crippen molar-refractivity contribution >= 4 is 38.2 Å². The molecule has 0 radical (unpaired) electrons. The van der Waals surface area contributed by atoms with Crippen molar-refractivity contribution in [3.8, 4) is 6.07 Å². The highest BCUT2D eigenvalue weighted by Crippen LogP contribution is 2.22. The molecule has 0 bridgehead atoms. The van der Waals surface area contributed by atoms with Crippen molar-refractivity contribution in [3.63, 3.8) is 0 Å². The third-order valence-electron chi connectivity index (χ3n) is 4.13. The number of nitriles is 1. The van der Waals surface area contributed by atoms with E-state index >= 15 is 0 Å². The van der Waals surface area contributed by atoms with Crippen molar-refractivity contribution in [3.05, 3.63) is 74.7 Å². The number of rotatable bonds is 6. The van der Waals surface area contributed by atoms with Crippen molar-refractivity contribution in [1.82, 2.24) is 19.5 Å². The van der Waals surface area contributed by atoms with Gasteiger partial charge in [-0.25, -0.2) is 13.1 Å². The van der Waals surface area contributed by atoms with Gasteiger partial charge in [-0.1, -0.05) is 34.1 Å². The Morgan fingerprint density at radius 3 is 2.71 bits per heavy atom. The van der Waals surface area contributed by atoms with Crippen LogP contribution in [0.15, 0.2) is 57.9 Å². The molecule has 2 aromatic carbocycles. The number of hydrogen-bond acceptors (Lipinski definition) is 5. The maximum absolute atomic E-state index is 12.9. The first kappa shape index (κ1) is 20.4. The first-order chi connectivity index (χ1) is 13.3. The molecule has 1 atom stereocenters. The first-order valence-electron chi connectivity index (χ1n) is 8.18. The summed E-state index contributed by atoms with van der Waals surface area (Å²) in [6.07, 6.45) is 0.302. The smallest absolute Gasteiger partial charge is 0.241 e. The zero-order valence-electron chi connectivity index (χ0n) is 14.8. The van der Waals surface area contributed by atoms with E-state index in [9.17, 15) is 8.42 Å². The molecule has 0 aliphatic rings. The number of sulfonamides is 1. The minimum absolute atomic E-state index is 0.134. The normalized spacial score (nSPS) is 12.5. The number of aromatic amines is 1. The van der Waals surface area contributed by atoms with E-state index in [-0.39, 0.29) is 4.90 Å². The van der Waals surface area contributed by atoms with Gasteiger partial charge in [-0.05, 0) is 54.5 Å². The second-order valence-electron chi connectivity index (χ2n) is 6.09. The minimum Gasteiger partial charge on any atom is -0.306 e. The van der Waals surface area contributed by atoms with Gasteiger partial charge in [0.05, 0.1) is 22.6 Å². The highest BCUT2D eigenvalue weighted by molar-refractivity contribution is 9.10. The van der Waals surface area contributed by atoms with Gasteiger partial charge in [0.2, 0.25) is 10.0 Å². The van der Waals surface area contributed by atoms with Crippen LogP contribution in [0, 0.1) is 16.1 Å². The molecular formula is C18H16BrN5O2S2. The maximum Gasteiger partial charge on any atom is 0.241 e. The summed E-state index contributed by atoms with van der Waals surface area (Å²) in [6.45, 7) is 0. The molecule has 0 spiro atoms. The second kappa shape index (κ2) is 8.36. The van der Waals surface area contributed by atoms with E-state index in [1.165, 1.54) is 12.1 Å². The van der Waals surface area contributed by atoms with Crippen LogP contribution in [-0.2, 0) is 23.5 Å². The van der Waals surface area contributed by atoms with Crippen LogP contribution in [0.2, 0.25) is 0 Å². The molecule has 0 amide bonds. The van der Waals surface area contributed by atoms with Crippen LogP contribution in [0.25, 0.3) is 0 Å². The van der Waals surface area contributed by atoms with Crippen LogP contribution in [-0.4, -0.2) is 23.2 Å². The van der Waals surface area contributed by atoms with Crippen molar-refractivity contribution in [2.45, 2.75) is 17.4 Å². The summed E-state index contributed by atoms with van der Waals surface area (Å²) in [5.41, 5.74) is 1.30. The van der Waals surface area contributed by atoms with Gasteiger partial charge in [0.15, 0.2) is 4.77 Å². The van der Waals surface area contributed by atoms with Crippen molar-refractivity contribution in [1.29, 1.82) is 5.26 Å². The molecule has 10 heteroatoms. The van der Waals surface area contributed by atoms with Gasteiger partial charge in [0.1, 0.15) is 5.82 Å². The van der Waals surface area contributed by atoms with Crippen LogP contribution in [0.1, 0.15) is 23.0 Å². The van der Waals surface area contributed by atoms with Crippen LogP contribution >= 0.6 is 28.1 Å². The van der Waals surface area contributed by atoms with Crippen LogP contribution < -0.4 is 4.72 Å². The Kier molecular flexibility index (Phi) is 6.10. The molecular weight excluding hydrogens is 462 g/mol. The highest BCUT2D eigenvalue weighted by atomic mass is 79.9. The van der Waals surface area contributed by atoms with Crippen LogP contribution in [0.4, 0.5) is 0 Å². The summed E-state index contributed by atoms with van der Waals surface area (Å²) in [5.74, 6) is 0.450.